The quantitative estimate of drug-likeness (QED) is 0.758. The SMILES string of the molecule is CN(C(=O)c1ccc(N2CCN(C(=O)OC(C)(C)C)CC2)cc1)c1ccc(F)cc1. The minimum Gasteiger partial charge on any atom is -0.444 e. The predicted octanol–water partition coefficient (Wildman–Crippen LogP) is 4.16. The molecule has 1 aliphatic heterocycles. The zero-order chi connectivity index (χ0) is 21.9. The molecule has 0 bridgehead atoms. The first-order chi connectivity index (χ1) is 14.1. The van der Waals surface area contributed by atoms with Crippen LogP contribution in [0.3, 0.4) is 0 Å². The average Bonchev–Trinajstić information content (AvgIpc) is 2.72. The minimum absolute atomic E-state index is 0.164. The van der Waals surface area contributed by atoms with Gasteiger partial charge in [0.15, 0.2) is 0 Å². The first kappa shape index (κ1) is 21.6. The fraction of sp³-hybridized carbons (Fsp3) is 0.391. The second-order valence-corrected chi connectivity index (χ2v) is 8.34. The first-order valence-electron chi connectivity index (χ1n) is 10.0. The second kappa shape index (κ2) is 8.73. The minimum atomic E-state index is -0.502. The summed E-state index contributed by atoms with van der Waals surface area (Å²) in [6.45, 7) is 8.14. The number of hydrogen-bond acceptors (Lipinski definition) is 4. The zero-order valence-corrected chi connectivity index (χ0v) is 17.9. The largest absolute Gasteiger partial charge is 0.444 e. The highest BCUT2D eigenvalue weighted by atomic mass is 19.1. The molecule has 160 valence electrons. The standard InChI is InChI=1S/C23H28FN3O3/c1-23(2,3)30-22(29)27-15-13-26(14-16-27)20-9-5-17(6-10-20)21(28)25(4)19-11-7-18(24)8-12-19/h5-12H,13-16H2,1-4H3. The lowest BCUT2D eigenvalue weighted by Crippen LogP contribution is -2.50. The molecule has 3 rings (SSSR count). The number of hydrogen-bond donors (Lipinski definition) is 0. The Morgan fingerprint density at radius 1 is 0.933 bits per heavy atom. The maximum atomic E-state index is 13.1. The Morgan fingerprint density at radius 2 is 1.50 bits per heavy atom. The van der Waals surface area contributed by atoms with Gasteiger partial charge in [0.1, 0.15) is 11.4 Å². The molecule has 30 heavy (non-hydrogen) atoms. The van der Waals surface area contributed by atoms with E-state index in [-0.39, 0.29) is 17.8 Å². The van der Waals surface area contributed by atoms with Crippen LogP contribution < -0.4 is 9.80 Å². The highest BCUT2D eigenvalue weighted by molar-refractivity contribution is 6.05. The number of anilines is 2. The number of piperazine rings is 1. The van der Waals surface area contributed by atoms with Crippen molar-refractivity contribution in [3.8, 4) is 0 Å². The van der Waals surface area contributed by atoms with Gasteiger partial charge >= 0.3 is 6.09 Å². The molecule has 0 saturated carbocycles. The zero-order valence-electron chi connectivity index (χ0n) is 17.9. The lowest BCUT2D eigenvalue weighted by Gasteiger charge is -2.36. The summed E-state index contributed by atoms with van der Waals surface area (Å²) in [7, 11) is 1.67. The first-order valence-corrected chi connectivity index (χ1v) is 10.0. The monoisotopic (exact) mass is 413 g/mol. The van der Waals surface area contributed by atoms with E-state index in [9.17, 15) is 14.0 Å². The molecule has 0 aliphatic carbocycles. The molecular formula is C23H28FN3O3. The van der Waals surface area contributed by atoms with Crippen LogP contribution in [0.15, 0.2) is 48.5 Å². The number of benzene rings is 2. The van der Waals surface area contributed by atoms with E-state index in [1.807, 2.05) is 32.9 Å². The van der Waals surface area contributed by atoms with Gasteiger partial charge < -0.3 is 19.4 Å². The molecule has 0 aromatic heterocycles. The number of ether oxygens (including phenoxy) is 1. The molecule has 0 atom stereocenters. The number of rotatable bonds is 3. The highest BCUT2D eigenvalue weighted by Gasteiger charge is 2.26. The van der Waals surface area contributed by atoms with Gasteiger partial charge in [-0.25, -0.2) is 9.18 Å². The van der Waals surface area contributed by atoms with Gasteiger partial charge in [-0.05, 0) is 69.3 Å². The van der Waals surface area contributed by atoms with E-state index in [0.29, 0.717) is 37.4 Å². The Bertz CT molecular complexity index is 883. The third-order valence-electron chi connectivity index (χ3n) is 4.93. The summed E-state index contributed by atoms with van der Waals surface area (Å²) in [4.78, 5) is 30.3. The van der Waals surface area contributed by atoms with Crippen LogP contribution in [0.25, 0.3) is 0 Å². The Labute approximate surface area is 176 Å². The third kappa shape index (κ3) is 5.28. The van der Waals surface area contributed by atoms with Crippen molar-refractivity contribution in [1.29, 1.82) is 0 Å². The van der Waals surface area contributed by atoms with Crippen LogP contribution in [-0.4, -0.2) is 55.7 Å². The van der Waals surface area contributed by atoms with Crippen LogP contribution in [0.1, 0.15) is 31.1 Å². The molecule has 2 amide bonds. The summed E-state index contributed by atoms with van der Waals surface area (Å²) in [6.07, 6.45) is -0.285. The number of carbonyl (C=O) groups excluding carboxylic acids is 2. The summed E-state index contributed by atoms with van der Waals surface area (Å²) in [5.41, 5.74) is 1.68. The van der Waals surface area contributed by atoms with Crippen LogP contribution in [0.4, 0.5) is 20.6 Å². The molecule has 1 fully saturated rings. The molecule has 1 aliphatic rings. The van der Waals surface area contributed by atoms with E-state index in [0.717, 1.165) is 5.69 Å². The van der Waals surface area contributed by atoms with Gasteiger partial charge in [0, 0.05) is 50.2 Å². The van der Waals surface area contributed by atoms with Gasteiger partial charge in [-0.2, -0.15) is 0 Å². The summed E-state index contributed by atoms with van der Waals surface area (Å²) in [5, 5.41) is 0. The van der Waals surface area contributed by atoms with E-state index in [1.165, 1.54) is 17.0 Å². The lowest BCUT2D eigenvalue weighted by atomic mass is 10.1. The summed E-state index contributed by atoms with van der Waals surface area (Å²) >= 11 is 0. The fourth-order valence-corrected chi connectivity index (χ4v) is 3.26. The van der Waals surface area contributed by atoms with Gasteiger partial charge in [0.25, 0.3) is 5.91 Å². The maximum Gasteiger partial charge on any atom is 0.410 e. The van der Waals surface area contributed by atoms with E-state index >= 15 is 0 Å². The van der Waals surface area contributed by atoms with Gasteiger partial charge in [-0.1, -0.05) is 0 Å². The van der Waals surface area contributed by atoms with Crippen molar-refractivity contribution in [3.63, 3.8) is 0 Å². The summed E-state index contributed by atoms with van der Waals surface area (Å²) in [5.74, 6) is -0.501. The average molecular weight is 413 g/mol. The van der Waals surface area contributed by atoms with Crippen LogP contribution in [0, 0.1) is 5.82 Å². The normalized spacial score (nSPS) is 14.4. The summed E-state index contributed by atoms with van der Waals surface area (Å²) in [6, 6.07) is 13.2. The van der Waals surface area contributed by atoms with E-state index in [1.54, 1.807) is 36.2 Å². The predicted molar refractivity (Wildman–Crippen MR) is 116 cm³/mol. The highest BCUT2D eigenvalue weighted by Crippen LogP contribution is 2.21. The van der Waals surface area contributed by atoms with E-state index < -0.39 is 5.60 Å². The van der Waals surface area contributed by atoms with Crippen LogP contribution in [0.5, 0.6) is 0 Å². The summed E-state index contributed by atoms with van der Waals surface area (Å²) < 4.78 is 18.5. The molecule has 6 nitrogen and oxygen atoms in total. The molecule has 7 heteroatoms. The Kier molecular flexibility index (Phi) is 6.29. The molecular weight excluding hydrogens is 385 g/mol. The Morgan fingerprint density at radius 3 is 2.03 bits per heavy atom. The molecule has 2 aromatic rings. The van der Waals surface area contributed by atoms with E-state index in [4.69, 9.17) is 4.74 Å². The van der Waals surface area contributed by atoms with Crippen LogP contribution in [0.2, 0.25) is 0 Å². The fourth-order valence-electron chi connectivity index (χ4n) is 3.26. The van der Waals surface area contributed by atoms with E-state index in [2.05, 4.69) is 4.90 Å². The van der Waals surface area contributed by atoms with Crippen molar-refractivity contribution in [1.82, 2.24) is 4.90 Å². The molecule has 1 heterocycles. The topological polar surface area (TPSA) is 53.1 Å². The lowest BCUT2D eigenvalue weighted by molar-refractivity contribution is 0.0240. The maximum absolute atomic E-state index is 13.1. The molecule has 2 aromatic carbocycles. The van der Waals surface area contributed by atoms with Crippen molar-refractivity contribution in [2.24, 2.45) is 0 Å². The van der Waals surface area contributed by atoms with Crippen LogP contribution in [-0.2, 0) is 4.74 Å². The number of nitrogens with zero attached hydrogens (tertiary/aromatic N) is 3. The van der Waals surface area contributed by atoms with Gasteiger partial charge in [0.05, 0.1) is 0 Å². The molecule has 0 N–H and O–H groups in total. The Balaban J connectivity index is 1.59. The molecule has 0 unspecified atom stereocenters. The second-order valence-electron chi connectivity index (χ2n) is 8.34. The number of halogens is 1. The van der Waals surface area contributed by atoms with Crippen molar-refractivity contribution >= 4 is 23.4 Å². The Hall–Kier alpha value is -3.09. The van der Waals surface area contributed by atoms with Crippen molar-refractivity contribution in [2.75, 3.05) is 43.0 Å². The number of amides is 2. The van der Waals surface area contributed by atoms with Crippen molar-refractivity contribution in [2.45, 2.75) is 26.4 Å². The van der Waals surface area contributed by atoms with Crippen molar-refractivity contribution in [3.05, 3.63) is 59.9 Å². The number of carbonyl (C=O) groups is 2. The third-order valence-corrected chi connectivity index (χ3v) is 4.93. The molecule has 0 spiro atoms. The van der Waals surface area contributed by atoms with Crippen molar-refractivity contribution < 1.29 is 18.7 Å². The van der Waals surface area contributed by atoms with Gasteiger partial charge in [-0.15, -0.1) is 0 Å². The molecule has 1 saturated heterocycles. The smallest absolute Gasteiger partial charge is 0.410 e. The van der Waals surface area contributed by atoms with Gasteiger partial charge in [-0.3, -0.25) is 4.79 Å². The van der Waals surface area contributed by atoms with Gasteiger partial charge in [0.2, 0.25) is 0 Å². The van der Waals surface area contributed by atoms with Crippen LogP contribution >= 0.6 is 0 Å². The molecule has 0 radical (unpaired) electrons.